The van der Waals surface area contributed by atoms with E-state index in [1.54, 1.807) is 12.1 Å². The normalized spacial score (nSPS) is 10.3. The molecule has 0 saturated carbocycles. The average molecular weight is 335 g/mol. The number of nitrogens with zero attached hydrogens (tertiary/aromatic N) is 1. The number of nitro benzene ring substituents is 1. The first-order valence-corrected chi connectivity index (χ1v) is 7.15. The summed E-state index contributed by atoms with van der Waals surface area (Å²) in [5, 5.41) is 14.1. The SMILES string of the molecule is CCc1ccccc1CNc1ccc(Br)c([N+](=O)[O-])c1. The van der Waals surface area contributed by atoms with Crippen LogP contribution in [0.25, 0.3) is 0 Å². The van der Waals surface area contributed by atoms with Crippen molar-refractivity contribution in [3.8, 4) is 0 Å². The third-order valence-electron chi connectivity index (χ3n) is 3.13. The van der Waals surface area contributed by atoms with Crippen molar-refractivity contribution in [1.29, 1.82) is 0 Å². The molecule has 0 unspecified atom stereocenters. The van der Waals surface area contributed by atoms with Crippen LogP contribution in [0.3, 0.4) is 0 Å². The maximum absolute atomic E-state index is 10.9. The number of halogens is 1. The van der Waals surface area contributed by atoms with E-state index in [1.807, 2.05) is 18.2 Å². The summed E-state index contributed by atoms with van der Waals surface area (Å²) in [5.74, 6) is 0. The third kappa shape index (κ3) is 3.36. The van der Waals surface area contributed by atoms with E-state index in [9.17, 15) is 10.1 Å². The second-order valence-electron chi connectivity index (χ2n) is 4.40. The van der Waals surface area contributed by atoms with Crippen molar-refractivity contribution in [2.75, 3.05) is 5.32 Å². The molecule has 0 aliphatic rings. The van der Waals surface area contributed by atoms with E-state index in [1.165, 1.54) is 11.1 Å². The number of hydrogen-bond acceptors (Lipinski definition) is 3. The molecule has 1 N–H and O–H groups in total. The van der Waals surface area contributed by atoms with E-state index in [2.05, 4.69) is 40.3 Å². The van der Waals surface area contributed by atoms with Crippen LogP contribution < -0.4 is 5.32 Å². The van der Waals surface area contributed by atoms with Crippen LogP contribution in [0.15, 0.2) is 46.9 Å². The summed E-state index contributed by atoms with van der Waals surface area (Å²) in [7, 11) is 0. The second-order valence-corrected chi connectivity index (χ2v) is 5.25. The summed E-state index contributed by atoms with van der Waals surface area (Å²) in [5.41, 5.74) is 3.30. The molecule has 0 amide bonds. The van der Waals surface area contributed by atoms with E-state index in [0.717, 1.165) is 12.1 Å². The highest BCUT2D eigenvalue weighted by molar-refractivity contribution is 9.10. The first kappa shape index (κ1) is 14.5. The lowest BCUT2D eigenvalue weighted by atomic mass is 10.1. The Morgan fingerprint density at radius 1 is 1.20 bits per heavy atom. The van der Waals surface area contributed by atoms with Crippen molar-refractivity contribution in [3.63, 3.8) is 0 Å². The Morgan fingerprint density at radius 2 is 1.90 bits per heavy atom. The summed E-state index contributed by atoms with van der Waals surface area (Å²) >= 11 is 3.18. The summed E-state index contributed by atoms with van der Waals surface area (Å²) < 4.78 is 0.488. The number of nitro groups is 1. The number of benzene rings is 2. The zero-order valence-electron chi connectivity index (χ0n) is 11.1. The molecule has 104 valence electrons. The first-order chi connectivity index (χ1) is 9.61. The minimum absolute atomic E-state index is 0.0683. The minimum atomic E-state index is -0.394. The Hall–Kier alpha value is -1.88. The Morgan fingerprint density at radius 3 is 2.55 bits per heavy atom. The molecular weight excluding hydrogens is 320 g/mol. The third-order valence-corrected chi connectivity index (χ3v) is 3.80. The van der Waals surface area contributed by atoms with Crippen LogP contribution in [-0.4, -0.2) is 4.92 Å². The molecular formula is C15H15BrN2O2. The summed E-state index contributed by atoms with van der Waals surface area (Å²) in [4.78, 5) is 10.5. The Bertz CT molecular complexity index is 629. The van der Waals surface area contributed by atoms with Gasteiger partial charge in [0.25, 0.3) is 5.69 Å². The van der Waals surface area contributed by atoms with Crippen molar-refractivity contribution in [2.45, 2.75) is 19.9 Å². The second kappa shape index (κ2) is 6.52. The van der Waals surface area contributed by atoms with E-state index < -0.39 is 4.92 Å². The lowest BCUT2D eigenvalue weighted by molar-refractivity contribution is -0.385. The van der Waals surface area contributed by atoms with Crippen LogP contribution in [0.4, 0.5) is 11.4 Å². The van der Waals surface area contributed by atoms with Crippen LogP contribution in [-0.2, 0) is 13.0 Å². The molecule has 0 saturated heterocycles. The Labute approximate surface area is 126 Å². The van der Waals surface area contributed by atoms with Gasteiger partial charge >= 0.3 is 0 Å². The van der Waals surface area contributed by atoms with Crippen LogP contribution in [0.2, 0.25) is 0 Å². The van der Waals surface area contributed by atoms with Crippen LogP contribution in [0, 0.1) is 10.1 Å². The largest absolute Gasteiger partial charge is 0.381 e. The molecule has 0 bridgehead atoms. The monoisotopic (exact) mass is 334 g/mol. The van der Waals surface area contributed by atoms with Gasteiger partial charge in [-0.2, -0.15) is 0 Å². The molecule has 0 aromatic heterocycles. The van der Waals surface area contributed by atoms with Gasteiger partial charge in [-0.1, -0.05) is 31.2 Å². The molecule has 5 heteroatoms. The van der Waals surface area contributed by atoms with Gasteiger partial charge in [0.1, 0.15) is 0 Å². The fourth-order valence-corrected chi connectivity index (χ4v) is 2.43. The molecule has 0 aliphatic heterocycles. The molecule has 2 aromatic rings. The van der Waals surface area contributed by atoms with Gasteiger partial charge in [0.15, 0.2) is 0 Å². The van der Waals surface area contributed by atoms with Crippen molar-refractivity contribution >= 4 is 27.3 Å². The standard InChI is InChI=1S/C15H15BrN2O2/c1-2-11-5-3-4-6-12(11)10-17-13-7-8-14(16)15(9-13)18(19)20/h3-9,17H,2,10H2,1H3. The van der Waals surface area contributed by atoms with Crippen molar-refractivity contribution in [1.82, 2.24) is 0 Å². The fourth-order valence-electron chi connectivity index (χ4n) is 2.03. The summed E-state index contributed by atoms with van der Waals surface area (Å²) in [6.07, 6.45) is 0.971. The van der Waals surface area contributed by atoms with Crippen LogP contribution in [0.1, 0.15) is 18.1 Å². The van der Waals surface area contributed by atoms with Gasteiger partial charge in [-0.3, -0.25) is 10.1 Å². The van der Waals surface area contributed by atoms with Gasteiger partial charge in [-0.15, -0.1) is 0 Å². The molecule has 20 heavy (non-hydrogen) atoms. The summed E-state index contributed by atoms with van der Waals surface area (Å²) in [6, 6.07) is 13.2. The minimum Gasteiger partial charge on any atom is -0.381 e. The van der Waals surface area contributed by atoms with E-state index in [0.29, 0.717) is 11.0 Å². The average Bonchev–Trinajstić information content (AvgIpc) is 2.46. The highest BCUT2D eigenvalue weighted by Gasteiger charge is 2.12. The fraction of sp³-hybridized carbons (Fsp3) is 0.200. The van der Waals surface area contributed by atoms with Gasteiger partial charge in [0.2, 0.25) is 0 Å². The quantitative estimate of drug-likeness (QED) is 0.645. The lowest BCUT2D eigenvalue weighted by Gasteiger charge is -2.10. The maximum atomic E-state index is 10.9. The maximum Gasteiger partial charge on any atom is 0.285 e. The molecule has 0 fully saturated rings. The Kier molecular flexibility index (Phi) is 4.74. The van der Waals surface area contributed by atoms with E-state index in [4.69, 9.17) is 0 Å². The van der Waals surface area contributed by atoms with Crippen molar-refractivity contribution in [2.24, 2.45) is 0 Å². The van der Waals surface area contributed by atoms with Crippen molar-refractivity contribution < 1.29 is 4.92 Å². The van der Waals surface area contributed by atoms with Gasteiger partial charge in [0.05, 0.1) is 9.40 Å². The summed E-state index contributed by atoms with van der Waals surface area (Å²) in [6.45, 7) is 2.77. The molecule has 0 aliphatic carbocycles. The van der Waals surface area contributed by atoms with Gasteiger partial charge < -0.3 is 5.32 Å². The number of aryl methyl sites for hydroxylation is 1. The molecule has 0 heterocycles. The molecule has 0 atom stereocenters. The smallest absolute Gasteiger partial charge is 0.285 e. The predicted molar refractivity (Wildman–Crippen MR) is 83.9 cm³/mol. The first-order valence-electron chi connectivity index (χ1n) is 6.36. The van der Waals surface area contributed by atoms with Gasteiger partial charge in [-0.05, 0) is 45.6 Å². The molecule has 4 nitrogen and oxygen atoms in total. The highest BCUT2D eigenvalue weighted by Crippen LogP contribution is 2.28. The number of hydrogen-bond donors (Lipinski definition) is 1. The van der Waals surface area contributed by atoms with E-state index in [-0.39, 0.29) is 5.69 Å². The van der Waals surface area contributed by atoms with Crippen LogP contribution >= 0.6 is 15.9 Å². The van der Waals surface area contributed by atoms with Crippen LogP contribution in [0.5, 0.6) is 0 Å². The van der Waals surface area contributed by atoms with Crippen molar-refractivity contribution in [3.05, 3.63) is 68.2 Å². The lowest BCUT2D eigenvalue weighted by Crippen LogP contribution is -2.03. The topological polar surface area (TPSA) is 55.2 Å². The Balaban J connectivity index is 2.15. The molecule has 0 radical (unpaired) electrons. The zero-order valence-corrected chi connectivity index (χ0v) is 12.7. The molecule has 2 rings (SSSR count). The predicted octanol–water partition coefficient (Wildman–Crippen LogP) is 4.53. The molecule has 0 spiro atoms. The number of anilines is 1. The van der Waals surface area contributed by atoms with Gasteiger partial charge in [0, 0.05) is 18.3 Å². The number of nitrogens with one attached hydrogen (secondary N) is 1. The number of rotatable bonds is 5. The van der Waals surface area contributed by atoms with Gasteiger partial charge in [-0.25, -0.2) is 0 Å². The zero-order chi connectivity index (χ0) is 14.5. The highest BCUT2D eigenvalue weighted by atomic mass is 79.9. The van der Waals surface area contributed by atoms with E-state index >= 15 is 0 Å². The molecule has 2 aromatic carbocycles.